The number of hydrogen-bond donors (Lipinski definition) is 1. The molecule has 1 aliphatic rings. The molecular formula is C24H28N4O4. The van der Waals surface area contributed by atoms with Gasteiger partial charge in [0.25, 0.3) is 5.56 Å². The molecule has 1 fully saturated rings. The smallest absolute Gasteiger partial charge is 0.331 e. The van der Waals surface area contributed by atoms with E-state index >= 15 is 0 Å². The number of nitrogens with zero attached hydrogens (tertiary/aromatic N) is 3. The number of para-hydroxylation sites is 1. The lowest BCUT2D eigenvalue weighted by molar-refractivity contribution is -0.121. The zero-order valence-electron chi connectivity index (χ0n) is 18.3. The van der Waals surface area contributed by atoms with Gasteiger partial charge in [-0.15, -0.1) is 0 Å². The molecule has 0 aliphatic carbocycles. The van der Waals surface area contributed by atoms with Crippen molar-refractivity contribution in [1.82, 2.24) is 19.4 Å². The van der Waals surface area contributed by atoms with Crippen LogP contribution in [0.25, 0.3) is 10.9 Å². The summed E-state index contributed by atoms with van der Waals surface area (Å²) in [5, 5.41) is 3.31. The minimum absolute atomic E-state index is 0.144. The van der Waals surface area contributed by atoms with Crippen molar-refractivity contribution in [3.05, 3.63) is 80.5 Å². The van der Waals surface area contributed by atoms with Gasteiger partial charge >= 0.3 is 5.69 Å². The third-order valence-electron chi connectivity index (χ3n) is 5.77. The molecule has 2 heterocycles. The van der Waals surface area contributed by atoms with Gasteiger partial charge in [-0.3, -0.25) is 23.6 Å². The summed E-state index contributed by atoms with van der Waals surface area (Å²) in [4.78, 5) is 40.3. The number of rotatable bonds is 7. The molecule has 8 nitrogen and oxygen atoms in total. The number of amides is 1. The molecule has 1 aliphatic heterocycles. The van der Waals surface area contributed by atoms with Gasteiger partial charge in [0.2, 0.25) is 5.91 Å². The zero-order chi connectivity index (χ0) is 22.5. The standard InChI is InChI=1S/C24H28N4O4/c1-2-27-23(30)20-5-3-4-6-21(20)28(24(27)31)17-22(29)25-15-18-7-9-19(10-8-18)16-26-11-13-32-14-12-26/h3-10H,2,11-17H2,1H3,(H,25,29). The van der Waals surface area contributed by atoms with Gasteiger partial charge in [-0.1, -0.05) is 36.4 Å². The number of carbonyl (C=O) groups excluding carboxylic acids is 1. The maximum Gasteiger partial charge on any atom is 0.331 e. The number of ether oxygens (including phenoxy) is 1. The highest BCUT2D eigenvalue weighted by atomic mass is 16.5. The van der Waals surface area contributed by atoms with Gasteiger partial charge in [-0.2, -0.15) is 0 Å². The maximum absolute atomic E-state index is 12.8. The normalized spacial score (nSPS) is 14.5. The van der Waals surface area contributed by atoms with Crippen molar-refractivity contribution in [1.29, 1.82) is 0 Å². The molecule has 0 radical (unpaired) electrons. The van der Waals surface area contributed by atoms with E-state index in [2.05, 4.69) is 22.3 Å². The molecule has 0 spiro atoms. The Bertz CT molecular complexity index is 1210. The highest BCUT2D eigenvalue weighted by molar-refractivity contribution is 5.81. The molecule has 168 valence electrons. The molecule has 3 aromatic rings. The fourth-order valence-electron chi connectivity index (χ4n) is 3.98. The first-order valence-corrected chi connectivity index (χ1v) is 10.9. The van der Waals surface area contributed by atoms with Crippen LogP contribution in [0.3, 0.4) is 0 Å². The van der Waals surface area contributed by atoms with Crippen molar-refractivity contribution < 1.29 is 9.53 Å². The maximum atomic E-state index is 12.8. The van der Waals surface area contributed by atoms with Crippen molar-refractivity contribution >= 4 is 16.8 Å². The van der Waals surface area contributed by atoms with Crippen molar-refractivity contribution in [2.75, 3.05) is 26.3 Å². The Labute approximate surface area is 186 Å². The summed E-state index contributed by atoms with van der Waals surface area (Å²) in [6.07, 6.45) is 0. The Morgan fingerprint density at radius 3 is 2.38 bits per heavy atom. The van der Waals surface area contributed by atoms with E-state index in [9.17, 15) is 14.4 Å². The quantitative estimate of drug-likeness (QED) is 0.604. The minimum Gasteiger partial charge on any atom is -0.379 e. The summed E-state index contributed by atoms with van der Waals surface area (Å²) < 4.78 is 7.90. The third-order valence-corrected chi connectivity index (χ3v) is 5.77. The van der Waals surface area contributed by atoms with Crippen LogP contribution in [0.1, 0.15) is 18.1 Å². The summed E-state index contributed by atoms with van der Waals surface area (Å²) in [5.41, 5.74) is 1.87. The van der Waals surface area contributed by atoms with E-state index in [0.717, 1.165) is 43.0 Å². The second-order valence-electron chi connectivity index (χ2n) is 7.92. The van der Waals surface area contributed by atoms with Crippen LogP contribution in [-0.2, 0) is 35.7 Å². The molecule has 0 atom stereocenters. The summed E-state index contributed by atoms with van der Waals surface area (Å²) in [6, 6.07) is 15.0. The van der Waals surface area contributed by atoms with Gasteiger partial charge in [0.15, 0.2) is 0 Å². The Morgan fingerprint density at radius 1 is 0.969 bits per heavy atom. The molecule has 1 aromatic heterocycles. The average Bonchev–Trinajstić information content (AvgIpc) is 2.82. The molecule has 1 saturated heterocycles. The number of benzene rings is 2. The van der Waals surface area contributed by atoms with Gasteiger partial charge in [-0.25, -0.2) is 4.79 Å². The van der Waals surface area contributed by atoms with Crippen LogP contribution in [0.5, 0.6) is 0 Å². The number of carbonyl (C=O) groups is 1. The largest absolute Gasteiger partial charge is 0.379 e. The highest BCUT2D eigenvalue weighted by Crippen LogP contribution is 2.10. The first kappa shape index (κ1) is 22.0. The Balaban J connectivity index is 1.42. The van der Waals surface area contributed by atoms with Crippen LogP contribution in [-0.4, -0.2) is 46.2 Å². The fourth-order valence-corrected chi connectivity index (χ4v) is 3.98. The van der Waals surface area contributed by atoms with E-state index in [1.54, 1.807) is 31.2 Å². The van der Waals surface area contributed by atoms with Crippen LogP contribution in [0.4, 0.5) is 0 Å². The van der Waals surface area contributed by atoms with Gasteiger partial charge in [0.05, 0.1) is 24.1 Å². The number of morpholine rings is 1. The van der Waals surface area contributed by atoms with Gasteiger partial charge < -0.3 is 10.1 Å². The van der Waals surface area contributed by atoms with Crippen LogP contribution >= 0.6 is 0 Å². The number of hydrogen-bond acceptors (Lipinski definition) is 5. The molecule has 1 N–H and O–H groups in total. The van der Waals surface area contributed by atoms with E-state index in [4.69, 9.17) is 4.74 Å². The van der Waals surface area contributed by atoms with Gasteiger partial charge in [0, 0.05) is 32.7 Å². The first-order chi connectivity index (χ1) is 15.6. The Hall–Kier alpha value is -3.23. The van der Waals surface area contributed by atoms with Crippen LogP contribution in [0.15, 0.2) is 58.1 Å². The van der Waals surface area contributed by atoms with E-state index in [-0.39, 0.29) is 24.6 Å². The van der Waals surface area contributed by atoms with E-state index in [0.29, 0.717) is 17.4 Å². The number of aromatic nitrogens is 2. The summed E-state index contributed by atoms with van der Waals surface area (Å²) in [5.74, 6) is -0.282. The van der Waals surface area contributed by atoms with E-state index in [1.807, 2.05) is 12.1 Å². The minimum atomic E-state index is -0.473. The predicted molar refractivity (Wildman–Crippen MR) is 123 cm³/mol. The summed E-state index contributed by atoms with van der Waals surface area (Å²) in [7, 11) is 0. The topological polar surface area (TPSA) is 85.6 Å². The predicted octanol–water partition coefficient (Wildman–Crippen LogP) is 1.33. The zero-order valence-corrected chi connectivity index (χ0v) is 18.3. The fraction of sp³-hybridized carbons (Fsp3) is 0.375. The van der Waals surface area contributed by atoms with Crippen molar-refractivity contribution in [3.63, 3.8) is 0 Å². The second kappa shape index (κ2) is 9.93. The lowest BCUT2D eigenvalue weighted by Gasteiger charge is -2.26. The summed E-state index contributed by atoms with van der Waals surface area (Å²) >= 11 is 0. The van der Waals surface area contributed by atoms with Gasteiger partial charge in [0.1, 0.15) is 6.54 Å². The lowest BCUT2D eigenvalue weighted by atomic mass is 10.1. The monoisotopic (exact) mass is 436 g/mol. The molecule has 2 aromatic carbocycles. The van der Waals surface area contributed by atoms with Crippen LogP contribution in [0, 0.1) is 0 Å². The van der Waals surface area contributed by atoms with Crippen molar-refractivity contribution in [3.8, 4) is 0 Å². The summed E-state index contributed by atoms with van der Waals surface area (Å²) in [6.45, 7) is 6.54. The van der Waals surface area contributed by atoms with Crippen LogP contribution < -0.4 is 16.6 Å². The SMILES string of the molecule is CCn1c(=O)c2ccccc2n(CC(=O)NCc2ccc(CN3CCOCC3)cc2)c1=O. The van der Waals surface area contributed by atoms with Crippen molar-refractivity contribution in [2.24, 2.45) is 0 Å². The third kappa shape index (κ3) is 4.81. The van der Waals surface area contributed by atoms with Crippen molar-refractivity contribution in [2.45, 2.75) is 33.1 Å². The molecule has 8 heteroatoms. The Morgan fingerprint density at radius 2 is 1.66 bits per heavy atom. The molecule has 0 unspecified atom stereocenters. The molecule has 4 rings (SSSR count). The number of fused-ring (bicyclic) bond motifs is 1. The molecule has 32 heavy (non-hydrogen) atoms. The first-order valence-electron chi connectivity index (χ1n) is 10.9. The van der Waals surface area contributed by atoms with E-state index in [1.165, 1.54) is 10.1 Å². The van der Waals surface area contributed by atoms with Gasteiger partial charge in [-0.05, 0) is 30.2 Å². The van der Waals surface area contributed by atoms with Crippen LogP contribution in [0.2, 0.25) is 0 Å². The second-order valence-corrected chi connectivity index (χ2v) is 7.92. The lowest BCUT2D eigenvalue weighted by Crippen LogP contribution is -2.42. The molecule has 1 amide bonds. The average molecular weight is 437 g/mol. The number of nitrogens with one attached hydrogen (secondary N) is 1. The Kier molecular flexibility index (Phi) is 6.82. The molecular weight excluding hydrogens is 408 g/mol. The molecule has 0 saturated carbocycles. The molecule has 0 bridgehead atoms. The van der Waals surface area contributed by atoms with E-state index < -0.39 is 5.69 Å². The highest BCUT2D eigenvalue weighted by Gasteiger charge is 2.14.